The predicted molar refractivity (Wildman–Crippen MR) is 68.9 cm³/mol. The molecule has 0 radical (unpaired) electrons. The second-order valence-corrected chi connectivity index (χ2v) is 4.19. The van der Waals surface area contributed by atoms with Crippen LogP contribution in [-0.4, -0.2) is 15.9 Å². The fourth-order valence-corrected chi connectivity index (χ4v) is 1.64. The first-order valence-corrected chi connectivity index (χ1v) is 5.80. The van der Waals surface area contributed by atoms with E-state index in [2.05, 4.69) is 15.3 Å². The van der Waals surface area contributed by atoms with Gasteiger partial charge in [-0.25, -0.2) is 13.8 Å². The molecule has 0 aliphatic carbocycles. The van der Waals surface area contributed by atoms with E-state index in [-0.39, 0.29) is 11.7 Å². The number of carbonyl (C=O) groups excluding carboxylic acids is 1. The second-order valence-electron chi connectivity index (χ2n) is 4.19. The van der Waals surface area contributed by atoms with Crippen molar-refractivity contribution in [2.24, 2.45) is 5.73 Å². The Balaban J connectivity index is 2.18. The number of nitrogens with zero attached hydrogens (tertiary/aromatic N) is 2. The number of anilines is 1. The third-order valence-corrected chi connectivity index (χ3v) is 2.70. The average Bonchev–Trinajstić information content (AvgIpc) is 2.42. The molecule has 1 aromatic carbocycles. The summed E-state index contributed by atoms with van der Waals surface area (Å²) in [6, 6.07) is 3.26. The molecule has 0 saturated heterocycles. The molecule has 104 valence electrons. The van der Waals surface area contributed by atoms with E-state index in [4.69, 9.17) is 5.73 Å². The van der Waals surface area contributed by atoms with Crippen molar-refractivity contribution in [1.29, 1.82) is 0 Å². The molecule has 7 heteroatoms. The third kappa shape index (κ3) is 3.05. The van der Waals surface area contributed by atoms with E-state index >= 15 is 0 Å². The number of carbonyl (C=O) groups is 1. The molecule has 0 aliphatic rings. The Hall–Kier alpha value is -2.57. The van der Waals surface area contributed by atoms with Gasteiger partial charge in [0.05, 0.1) is 18.4 Å². The Labute approximate surface area is 113 Å². The van der Waals surface area contributed by atoms with Gasteiger partial charge in [-0.3, -0.25) is 9.78 Å². The number of amides is 1. The van der Waals surface area contributed by atoms with Gasteiger partial charge in [-0.1, -0.05) is 6.07 Å². The molecule has 1 aromatic heterocycles. The highest BCUT2D eigenvalue weighted by Crippen LogP contribution is 2.19. The number of halogens is 2. The first-order chi connectivity index (χ1) is 9.47. The van der Waals surface area contributed by atoms with Crippen molar-refractivity contribution in [3.05, 3.63) is 53.5 Å². The molecule has 0 aliphatic heterocycles. The smallest absolute Gasteiger partial charge is 0.268 e. The lowest BCUT2D eigenvalue weighted by atomic mass is 10.1. The fourth-order valence-electron chi connectivity index (χ4n) is 1.64. The normalized spacial score (nSPS) is 11.9. The largest absolute Gasteiger partial charge is 0.364 e. The van der Waals surface area contributed by atoms with E-state index in [1.165, 1.54) is 18.5 Å². The highest BCUT2D eigenvalue weighted by atomic mass is 19.2. The molecule has 20 heavy (non-hydrogen) atoms. The van der Waals surface area contributed by atoms with Gasteiger partial charge in [0, 0.05) is 0 Å². The van der Waals surface area contributed by atoms with Crippen LogP contribution in [0.25, 0.3) is 0 Å². The maximum atomic E-state index is 13.2. The van der Waals surface area contributed by atoms with E-state index < -0.39 is 17.5 Å². The van der Waals surface area contributed by atoms with Crippen molar-refractivity contribution in [2.75, 3.05) is 5.32 Å². The number of primary amides is 1. The third-order valence-electron chi connectivity index (χ3n) is 2.70. The van der Waals surface area contributed by atoms with Crippen LogP contribution in [0.4, 0.5) is 14.6 Å². The van der Waals surface area contributed by atoms with Crippen molar-refractivity contribution in [2.45, 2.75) is 13.0 Å². The lowest BCUT2D eigenvalue weighted by Crippen LogP contribution is -2.15. The summed E-state index contributed by atoms with van der Waals surface area (Å²) in [4.78, 5) is 18.8. The minimum atomic E-state index is -0.923. The number of benzene rings is 1. The monoisotopic (exact) mass is 278 g/mol. The molecular formula is C13H12F2N4O. The van der Waals surface area contributed by atoms with E-state index in [9.17, 15) is 13.6 Å². The Bertz CT molecular complexity index is 648. The summed E-state index contributed by atoms with van der Waals surface area (Å²) >= 11 is 0. The molecule has 0 bridgehead atoms. The lowest BCUT2D eigenvalue weighted by molar-refractivity contribution is 0.0995. The van der Waals surface area contributed by atoms with Gasteiger partial charge < -0.3 is 11.1 Å². The van der Waals surface area contributed by atoms with Gasteiger partial charge in [-0.2, -0.15) is 0 Å². The summed E-state index contributed by atoms with van der Waals surface area (Å²) < 4.78 is 26.0. The summed E-state index contributed by atoms with van der Waals surface area (Å²) in [5.74, 6) is -2.20. The summed E-state index contributed by atoms with van der Waals surface area (Å²) in [5.41, 5.74) is 5.66. The molecule has 2 aromatic rings. The number of hydrogen-bond donors (Lipinski definition) is 2. The van der Waals surface area contributed by atoms with Gasteiger partial charge in [-0.15, -0.1) is 0 Å². The van der Waals surface area contributed by atoms with Crippen LogP contribution in [0.1, 0.15) is 29.0 Å². The molecule has 0 fully saturated rings. The van der Waals surface area contributed by atoms with E-state index in [1.54, 1.807) is 6.92 Å². The second kappa shape index (κ2) is 5.60. The molecule has 0 spiro atoms. The van der Waals surface area contributed by atoms with Crippen LogP contribution >= 0.6 is 0 Å². The van der Waals surface area contributed by atoms with Crippen LogP contribution in [0.3, 0.4) is 0 Å². The number of nitrogens with two attached hydrogens (primary N) is 1. The molecule has 5 nitrogen and oxygen atoms in total. The Morgan fingerprint density at radius 2 is 2.05 bits per heavy atom. The van der Waals surface area contributed by atoms with Gasteiger partial charge in [-0.05, 0) is 24.6 Å². The van der Waals surface area contributed by atoms with Crippen molar-refractivity contribution >= 4 is 11.7 Å². The number of aromatic nitrogens is 2. The van der Waals surface area contributed by atoms with E-state index in [0.717, 1.165) is 12.1 Å². The molecule has 1 heterocycles. The van der Waals surface area contributed by atoms with Crippen molar-refractivity contribution in [3.8, 4) is 0 Å². The molecular weight excluding hydrogens is 266 g/mol. The van der Waals surface area contributed by atoms with Crippen LogP contribution in [0.2, 0.25) is 0 Å². The summed E-state index contributed by atoms with van der Waals surface area (Å²) in [6.45, 7) is 1.74. The quantitative estimate of drug-likeness (QED) is 0.896. The Morgan fingerprint density at radius 1 is 1.30 bits per heavy atom. The summed E-state index contributed by atoms with van der Waals surface area (Å²) in [6.07, 6.45) is 2.65. The number of hydrogen-bond acceptors (Lipinski definition) is 4. The molecule has 1 atom stereocenters. The minimum absolute atomic E-state index is 0.0208. The SMILES string of the molecule is CC(Nc1cncc(C(N)=O)n1)c1ccc(F)c(F)c1. The molecule has 2 rings (SSSR count). The van der Waals surface area contributed by atoms with Crippen LogP contribution < -0.4 is 11.1 Å². The first kappa shape index (κ1) is 13.9. The highest BCUT2D eigenvalue weighted by molar-refractivity contribution is 5.90. The minimum Gasteiger partial charge on any atom is -0.364 e. The van der Waals surface area contributed by atoms with Crippen molar-refractivity contribution in [1.82, 2.24) is 9.97 Å². The first-order valence-electron chi connectivity index (χ1n) is 5.80. The molecule has 1 amide bonds. The summed E-state index contributed by atoms with van der Waals surface area (Å²) in [7, 11) is 0. The van der Waals surface area contributed by atoms with E-state index in [0.29, 0.717) is 11.4 Å². The zero-order valence-corrected chi connectivity index (χ0v) is 10.6. The Morgan fingerprint density at radius 3 is 2.70 bits per heavy atom. The highest BCUT2D eigenvalue weighted by Gasteiger charge is 2.11. The van der Waals surface area contributed by atoms with E-state index in [1.807, 2.05) is 0 Å². The van der Waals surface area contributed by atoms with Gasteiger partial charge in [0.25, 0.3) is 5.91 Å². The standard InChI is InChI=1S/C13H12F2N4O/c1-7(8-2-3-9(14)10(15)4-8)18-12-6-17-5-11(19-12)13(16)20/h2-7H,1H3,(H2,16,20)(H,18,19). The Kier molecular flexibility index (Phi) is 3.88. The number of nitrogens with one attached hydrogen (secondary N) is 1. The van der Waals surface area contributed by atoms with Crippen LogP contribution in [0.5, 0.6) is 0 Å². The maximum Gasteiger partial charge on any atom is 0.268 e. The summed E-state index contributed by atoms with van der Waals surface area (Å²) in [5, 5.41) is 2.93. The topological polar surface area (TPSA) is 80.9 Å². The molecule has 3 N–H and O–H groups in total. The lowest BCUT2D eigenvalue weighted by Gasteiger charge is -2.15. The zero-order chi connectivity index (χ0) is 14.7. The fraction of sp³-hybridized carbons (Fsp3) is 0.154. The van der Waals surface area contributed by atoms with Crippen LogP contribution in [0.15, 0.2) is 30.6 Å². The van der Waals surface area contributed by atoms with Crippen LogP contribution in [-0.2, 0) is 0 Å². The van der Waals surface area contributed by atoms with Crippen molar-refractivity contribution in [3.63, 3.8) is 0 Å². The predicted octanol–water partition coefficient (Wildman–Crippen LogP) is 2.03. The number of rotatable bonds is 4. The zero-order valence-electron chi connectivity index (χ0n) is 10.6. The van der Waals surface area contributed by atoms with Gasteiger partial charge in [0.15, 0.2) is 11.6 Å². The van der Waals surface area contributed by atoms with Crippen molar-refractivity contribution < 1.29 is 13.6 Å². The molecule has 0 saturated carbocycles. The van der Waals surface area contributed by atoms with Gasteiger partial charge >= 0.3 is 0 Å². The maximum absolute atomic E-state index is 13.2. The molecule has 1 unspecified atom stereocenters. The van der Waals surface area contributed by atoms with Gasteiger partial charge in [0.1, 0.15) is 11.5 Å². The van der Waals surface area contributed by atoms with Crippen LogP contribution in [0, 0.1) is 11.6 Å². The van der Waals surface area contributed by atoms with Gasteiger partial charge in [0.2, 0.25) is 0 Å². The average molecular weight is 278 g/mol.